The fourth-order valence-corrected chi connectivity index (χ4v) is 2.91. The Bertz CT molecular complexity index is 760. The Hall–Kier alpha value is -1.82. The maximum Gasteiger partial charge on any atom is -0.00301 e. The normalized spacial score (nSPS) is 12.7. The van der Waals surface area contributed by atoms with Crippen LogP contribution in [0.2, 0.25) is 0 Å². The third-order valence-corrected chi connectivity index (χ3v) is 3.66. The molecule has 0 nitrogen and oxygen atoms in total. The molecule has 0 radical (unpaired) electrons. The first-order chi connectivity index (χ1) is 8.70. The molecule has 0 bridgehead atoms. The SMILES string of the molecule is CC/C=c1/ccc2cc(C)cc3ccc(C)c1c32. The molecule has 0 spiro atoms. The minimum absolute atomic E-state index is 1.08. The molecule has 0 saturated carbocycles. The third-order valence-electron chi connectivity index (χ3n) is 3.66. The van der Waals surface area contributed by atoms with Crippen LogP contribution in [-0.2, 0) is 0 Å². The van der Waals surface area contributed by atoms with E-state index in [-0.39, 0.29) is 0 Å². The van der Waals surface area contributed by atoms with Crippen molar-refractivity contribution in [2.24, 2.45) is 0 Å². The van der Waals surface area contributed by atoms with E-state index in [1.807, 2.05) is 0 Å². The van der Waals surface area contributed by atoms with Crippen LogP contribution in [-0.4, -0.2) is 0 Å². The van der Waals surface area contributed by atoms with Gasteiger partial charge in [0, 0.05) is 0 Å². The summed E-state index contributed by atoms with van der Waals surface area (Å²) >= 11 is 0. The van der Waals surface area contributed by atoms with Gasteiger partial charge in [0.25, 0.3) is 0 Å². The summed E-state index contributed by atoms with van der Waals surface area (Å²) in [4.78, 5) is 0. The van der Waals surface area contributed by atoms with Crippen molar-refractivity contribution in [3.05, 3.63) is 52.7 Å². The van der Waals surface area contributed by atoms with Gasteiger partial charge >= 0.3 is 0 Å². The quantitative estimate of drug-likeness (QED) is 0.580. The Morgan fingerprint density at radius 1 is 0.889 bits per heavy atom. The van der Waals surface area contributed by atoms with E-state index in [1.165, 1.54) is 37.9 Å². The van der Waals surface area contributed by atoms with Crippen LogP contribution < -0.4 is 5.22 Å². The van der Waals surface area contributed by atoms with E-state index < -0.39 is 0 Å². The van der Waals surface area contributed by atoms with Gasteiger partial charge in [-0.2, -0.15) is 0 Å². The Labute approximate surface area is 108 Å². The molecule has 0 amide bonds. The number of hydrogen-bond donors (Lipinski definition) is 0. The topological polar surface area (TPSA) is 0 Å². The van der Waals surface area contributed by atoms with E-state index in [4.69, 9.17) is 0 Å². The lowest BCUT2D eigenvalue weighted by Crippen LogP contribution is -2.03. The smallest absolute Gasteiger partial charge is 0.00301 e. The number of rotatable bonds is 1. The number of benzene rings is 3. The molecule has 0 N–H and O–H groups in total. The lowest BCUT2D eigenvalue weighted by molar-refractivity contribution is 1.29. The fourth-order valence-electron chi connectivity index (χ4n) is 2.91. The Kier molecular flexibility index (Phi) is 2.59. The first kappa shape index (κ1) is 11.3. The van der Waals surface area contributed by atoms with E-state index in [0.29, 0.717) is 0 Å². The molecular formula is C18H18. The minimum Gasteiger partial charge on any atom is -0.0769 e. The zero-order valence-electron chi connectivity index (χ0n) is 11.2. The van der Waals surface area contributed by atoms with Crippen LogP contribution in [0.3, 0.4) is 0 Å². The van der Waals surface area contributed by atoms with Crippen molar-refractivity contribution in [2.75, 3.05) is 0 Å². The fraction of sp³-hybridized carbons (Fsp3) is 0.222. The van der Waals surface area contributed by atoms with E-state index in [2.05, 4.69) is 63.2 Å². The average molecular weight is 234 g/mol. The Balaban J connectivity index is 2.63. The maximum absolute atomic E-state index is 2.32. The Morgan fingerprint density at radius 2 is 1.56 bits per heavy atom. The highest BCUT2D eigenvalue weighted by Gasteiger charge is 2.06. The van der Waals surface area contributed by atoms with E-state index >= 15 is 0 Å². The lowest BCUT2D eigenvalue weighted by atomic mass is 9.94. The monoisotopic (exact) mass is 234 g/mol. The van der Waals surface area contributed by atoms with Crippen LogP contribution in [0.1, 0.15) is 24.5 Å². The number of hydrogen-bond acceptors (Lipinski definition) is 0. The van der Waals surface area contributed by atoms with Crippen LogP contribution in [0.5, 0.6) is 0 Å². The van der Waals surface area contributed by atoms with Gasteiger partial charge in [0.1, 0.15) is 0 Å². The average Bonchev–Trinajstić information content (AvgIpc) is 2.35. The van der Waals surface area contributed by atoms with Crippen molar-refractivity contribution >= 4 is 27.6 Å². The Morgan fingerprint density at radius 3 is 2.22 bits per heavy atom. The largest absolute Gasteiger partial charge is 0.0769 e. The summed E-state index contributed by atoms with van der Waals surface area (Å²) in [6.45, 7) is 6.57. The molecule has 0 heterocycles. The van der Waals surface area contributed by atoms with Crippen LogP contribution in [0.15, 0.2) is 36.4 Å². The predicted octanol–water partition coefficient (Wildman–Crippen LogP) is 4.52. The van der Waals surface area contributed by atoms with Gasteiger partial charge in [-0.05, 0) is 58.2 Å². The van der Waals surface area contributed by atoms with Gasteiger partial charge in [0.05, 0.1) is 0 Å². The zero-order chi connectivity index (χ0) is 12.7. The van der Waals surface area contributed by atoms with Crippen molar-refractivity contribution in [3.8, 4) is 0 Å². The molecular weight excluding hydrogens is 216 g/mol. The predicted molar refractivity (Wildman–Crippen MR) is 80.9 cm³/mol. The molecule has 0 aliphatic carbocycles. The van der Waals surface area contributed by atoms with Gasteiger partial charge in [-0.15, -0.1) is 0 Å². The van der Waals surface area contributed by atoms with Crippen LogP contribution in [0.4, 0.5) is 0 Å². The van der Waals surface area contributed by atoms with E-state index in [9.17, 15) is 0 Å². The second-order valence-corrected chi connectivity index (χ2v) is 5.11. The van der Waals surface area contributed by atoms with Gasteiger partial charge in [0.2, 0.25) is 0 Å². The van der Waals surface area contributed by atoms with Gasteiger partial charge in [-0.1, -0.05) is 49.4 Å². The molecule has 0 unspecified atom stereocenters. The second-order valence-electron chi connectivity index (χ2n) is 5.11. The lowest BCUT2D eigenvalue weighted by Gasteiger charge is -2.10. The van der Waals surface area contributed by atoms with Crippen LogP contribution in [0.25, 0.3) is 27.6 Å². The molecule has 0 saturated heterocycles. The van der Waals surface area contributed by atoms with E-state index in [0.717, 1.165) is 6.42 Å². The second kappa shape index (κ2) is 4.13. The van der Waals surface area contributed by atoms with Gasteiger partial charge < -0.3 is 0 Å². The molecule has 0 aliphatic heterocycles. The molecule has 18 heavy (non-hydrogen) atoms. The van der Waals surface area contributed by atoms with Crippen LogP contribution >= 0.6 is 0 Å². The summed E-state index contributed by atoms with van der Waals surface area (Å²) in [5.41, 5.74) is 2.71. The van der Waals surface area contributed by atoms with E-state index in [1.54, 1.807) is 0 Å². The molecule has 3 rings (SSSR count). The van der Waals surface area contributed by atoms with Crippen molar-refractivity contribution in [1.29, 1.82) is 0 Å². The van der Waals surface area contributed by atoms with Crippen LogP contribution in [0, 0.1) is 13.8 Å². The molecule has 0 heteroatoms. The molecule has 90 valence electrons. The third kappa shape index (κ3) is 1.60. The van der Waals surface area contributed by atoms with Crippen molar-refractivity contribution < 1.29 is 0 Å². The highest BCUT2D eigenvalue weighted by molar-refractivity contribution is 6.11. The van der Waals surface area contributed by atoms with Crippen molar-refractivity contribution in [2.45, 2.75) is 27.2 Å². The molecule has 0 aromatic heterocycles. The molecule has 0 aliphatic rings. The summed E-state index contributed by atoms with van der Waals surface area (Å²) < 4.78 is 0. The van der Waals surface area contributed by atoms with Crippen molar-refractivity contribution in [3.63, 3.8) is 0 Å². The maximum atomic E-state index is 2.32. The summed E-state index contributed by atoms with van der Waals surface area (Å²) in [7, 11) is 0. The zero-order valence-corrected chi connectivity index (χ0v) is 11.2. The summed E-state index contributed by atoms with van der Waals surface area (Å²) in [5, 5.41) is 6.93. The van der Waals surface area contributed by atoms with Gasteiger partial charge in [-0.25, -0.2) is 0 Å². The molecule has 3 aromatic rings. The van der Waals surface area contributed by atoms with Gasteiger partial charge in [0.15, 0.2) is 0 Å². The molecule has 0 atom stereocenters. The summed E-state index contributed by atoms with van der Waals surface area (Å²) in [6, 6.07) is 13.6. The first-order valence-corrected chi connectivity index (χ1v) is 6.63. The van der Waals surface area contributed by atoms with Gasteiger partial charge in [-0.3, -0.25) is 0 Å². The highest BCUT2D eigenvalue weighted by Crippen LogP contribution is 2.28. The standard InChI is InChI=1S/C18H18/c1-4-5-14-8-9-16-11-12(2)10-15-7-6-13(3)17(14)18(15)16/h5-11H,4H2,1-3H3/b14-5-. The molecule has 3 aromatic carbocycles. The highest BCUT2D eigenvalue weighted by atomic mass is 14.1. The summed E-state index contributed by atoms with van der Waals surface area (Å²) in [5.74, 6) is 0. The molecule has 0 fully saturated rings. The van der Waals surface area contributed by atoms with Crippen molar-refractivity contribution in [1.82, 2.24) is 0 Å². The first-order valence-electron chi connectivity index (χ1n) is 6.63. The minimum atomic E-state index is 1.08. The summed E-state index contributed by atoms with van der Waals surface area (Å²) in [6.07, 6.45) is 3.40. The number of aryl methyl sites for hydroxylation is 2.